The van der Waals surface area contributed by atoms with Crippen LogP contribution in [0.5, 0.6) is 0 Å². The fourth-order valence-electron chi connectivity index (χ4n) is 2.76. The lowest BCUT2D eigenvalue weighted by Crippen LogP contribution is -2.10. The second-order valence-electron chi connectivity index (χ2n) is 4.75. The molecule has 2 aromatic rings. The molecule has 4 N–H and O–H groups in total. The van der Waals surface area contributed by atoms with Crippen molar-refractivity contribution in [2.45, 2.75) is 38.0 Å². The van der Waals surface area contributed by atoms with Gasteiger partial charge in [-0.2, -0.15) is 9.50 Å². The number of nitrogens with zero attached hydrogens (tertiary/aromatic N) is 3. The number of nitrogen functional groups attached to an aromatic ring is 2. The second-order valence-corrected chi connectivity index (χ2v) is 4.75. The van der Waals surface area contributed by atoms with Gasteiger partial charge in [0.05, 0.1) is 0 Å². The third kappa shape index (κ3) is 1.71. The normalized spacial score (nSPS) is 17.6. The number of anilines is 2. The van der Waals surface area contributed by atoms with Gasteiger partial charge in [-0.15, -0.1) is 5.10 Å². The van der Waals surface area contributed by atoms with E-state index in [-0.39, 0.29) is 5.95 Å². The van der Waals surface area contributed by atoms with E-state index in [0.29, 0.717) is 11.7 Å². The minimum absolute atomic E-state index is 0.275. The van der Waals surface area contributed by atoms with Crippen molar-refractivity contribution in [3.8, 4) is 0 Å². The van der Waals surface area contributed by atoms with Crippen molar-refractivity contribution >= 4 is 17.4 Å². The Kier molecular flexibility index (Phi) is 2.39. The summed E-state index contributed by atoms with van der Waals surface area (Å²) < 4.78 is 1.65. The summed E-state index contributed by atoms with van der Waals surface area (Å²) in [5.41, 5.74) is 13.7. The Labute approximate surface area is 99.8 Å². The zero-order valence-electron chi connectivity index (χ0n) is 9.76. The lowest BCUT2D eigenvalue weighted by atomic mass is 9.84. The molecule has 0 saturated heterocycles. The van der Waals surface area contributed by atoms with Gasteiger partial charge in [0.1, 0.15) is 5.82 Å². The molecule has 0 atom stereocenters. The molecule has 1 aliphatic rings. The number of pyridine rings is 1. The molecule has 0 unspecified atom stereocenters. The Morgan fingerprint density at radius 2 is 1.88 bits per heavy atom. The molecule has 2 heterocycles. The van der Waals surface area contributed by atoms with E-state index in [1.54, 1.807) is 4.52 Å². The molecule has 2 aromatic heterocycles. The maximum Gasteiger partial charge on any atom is 0.240 e. The van der Waals surface area contributed by atoms with Crippen LogP contribution in [-0.4, -0.2) is 14.6 Å². The van der Waals surface area contributed by atoms with Gasteiger partial charge in [-0.25, -0.2) is 0 Å². The number of nitrogens with two attached hydrogens (primary N) is 2. The molecular formula is C12H17N5. The molecule has 5 heteroatoms. The van der Waals surface area contributed by atoms with E-state index >= 15 is 0 Å². The zero-order valence-corrected chi connectivity index (χ0v) is 9.76. The highest BCUT2D eigenvalue weighted by Crippen LogP contribution is 2.35. The summed E-state index contributed by atoms with van der Waals surface area (Å²) in [6.45, 7) is 0. The average Bonchev–Trinajstić information content (AvgIpc) is 2.72. The third-order valence-electron chi connectivity index (χ3n) is 3.63. The first-order chi connectivity index (χ1) is 8.25. The van der Waals surface area contributed by atoms with Gasteiger partial charge >= 0.3 is 0 Å². The van der Waals surface area contributed by atoms with Crippen molar-refractivity contribution in [3.05, 3.63) is 17.7 Å². The fraction of sp³-hybridized carbons (Fsp3) is 0.500. The minimum Gasteiger partial charge on any atom is -0.383 e. The first-order valence-electron chi connectivity index (χ1n) is 6.16. The van der Waals surface area contributed by atoms with Gasteiger partial charge in [-0.3, -0.25) is 0 Å². The van der Waals surface area contributed by atoms with Crippen molar-refractivity contribution < 1.29 is 0 Å². The fourth-order valence-corrected chi connectivity index (χ4v) is 2.76. The number of rotatable bonds is 1. The largest absolute Gasteiger partial charge is 0.383 e. The highest BCUT2D eigenvalue weighted by atomic mass is 15.3. The van der Waals surface area contributed by atoms with E-state index in [4.69, 9.17) is 11.5 Å². The maximum absolute atomic E-state index is 6.17. The van der Waals surface area contributed by atoms with Crippen LogP contribution in [0.3, 0.4) is 0 Å². The number of hydrogen-bond donors (Lipinski definition) is 2. The highest BCUT2D eigenvalue weighted by molar-refractivity contribution is 5.54. The van der Waals surface area contributed by atoms with Crippen LogP contribution in [0.4, 0.5) is 11.8 Å². The molecule has 1 saturated carbocycles. The Bertz CT molecular complexity index is 539. The van der Waals surface area contributed by atoms with Gasteiger partial charge < -0.3 is 11.5 Å². The smallest absolute Gasteiger partial charge is 0.240 e. The first-order valence-corrected chi connectivity index (χ1v) is 6.16. The van der Waals surface area contributed by atoms with Crippen LogP contribution < -0.4 is 11.5 Å². The zero-order chi connectivity index (χ0) is 11.8. The molecule has 0 radical (unpaired) electrons. The Hall–Kier alpha value is -1.78. The van der Waals surface area contributed by atoms with Gasteiger partial charge in [0.25, 0.3) is 0 Å². The lowest BCUT2D eigenvalue weighted by Gasteiger charge is -2.23. The predicted octanol–water partition coefficient (Wildman–Crippen LogP) is 1.94. The van der Waals surface area contributed by atoms with Crippen LogP contribution in [0, 0.1) is 0 Å². The molecule has 1 aliphatic carbocycles. The van der Waals surface area contributed by atoms with Gasteiger partial charge in [-0.1, -0.05) is 25.3 Å². The van der Waals surface area contributed by atoms with Crippen LogP contribution in [0.15, 0.2) is 12.1 Å². The molecule has 3 rings (SSSR count). The molecular weight excluding hydrogens is 214 g/mol. The molecule has 0 aromatic carbocycles. The van der Waals surface area contributed by atoms with Crippen LogP contribution in [0.1, 0.15) is 43.6 Å². The van der Waals surface area contributed by atoms with E-state index in [0.717, 1.165) is 5.65 Å². The molecule has 5 nitrogen and oxygen atoms in total. The van der Waals surface area contributed by atoms with E-state index in [2.05, 4.69) is 16.1 Å². The standard InChI is InChI=1S/C12H17N5/c13-11-9(8-4-2-1-3-5-8)6-7-10-15-12(14)16-17(10)11/h6-8H,1-5,13H2,(H2,14,16). The number of hydrogen-bond acceptors (Lipinski definition) is 4. The van der Waals surface area contributed by atoms with Crippen LogP contribution in [-0.2, 0) is 0 Å². The summed E-state index contributed by atoms with van der Waals surface area (Å²) >= 11 is 0. The molecule has 0 bridgehead atoms. The van der Waals surface area contributed by atoms with E-state index < -0.39 is 0 Å². The molecule has 17 heavy (non-hydrogen) atoms. The predicted molar refractivity (Wildman–Crippen MR) is 67.6 cm³/mol. The summed E-state index contributed by atoms with van der Waals surface area (Å²) in [6, 6.07) is 4.03. The third-order valence-corrected chi connectivity index (χ3v) is 3.63. The van der Waals surface area contributed by atoms with Crippen LogP contribution in [0.25, 0.3) is 5.65 Å². The number of fused-ring (bicyclic) bond motifs is 1. The Balaban J connectivity index is 2.06. The van der Waals surface area contributed by atoms with E-state index in [1.165, 1.54) is 37.7 Å². The number of aromatic nitrogens is 3. The molecule has 90 valence electrons. The SMILES string of the molecule is Nc1nc2ccc(C3CCCCC3)c(N)n2n1. The van der Waals surface area contributed by atoms with Crippen molar-refractivity contribution in [2.24, 2.45) is 0 Å². The maximum atomic E-state index is 6.17. The highest BCUT2D eigenvalue weighted by Gasteiger charge is 2.19. The summed E-state index contributed by atoms with van der Waals surface area (Å²) in [7, 11) is 0. The Morgan fingerprint density at radius 1 is 1.12 bits per heavy atom. The summed E-state index contributed by atoms with van der Waals surface area (Å²) in [6.07, 6.45) is 6.37. The quantitative estimate of drug-likeness (QED) is 0.785. The minimum atomic E-state index is 0.275. The molecule has 1 fully saturated rings. The van der Waals surface area contributed by atoms with Gasteiger partial charge in [0, 0.05) is 0 Å². The summed E-state index contributed by atoms with van der Waals surface area (Å²) in [4.78, 5) is 4.11. The van der Waals surface area contributed by atoms with Gasteiger partial charge in [-0.05, 0) is 30.4 Å². The van der Waals surface area contributed by atoms with Gasteiger partial charge in [0.15, 0.2) is 5.65 Å². The molecule has 0 spiro atoms. The van der Waals surface area contributed by atoms with Crippen molar-refractivity contribution in [1.29, 1.82) is 0 Å². The van der Waals surface area contributed by atoms with Crippen molar-refractivity contribution in [3.63, 3.8) is 0 Å². The van der Waals surface area contributed by atoms with Crippen LogP contribution >= 0.6 is 0 Å². The van der Waals surface area contributed by atoms with Crippen molar-refractivity contribution in [2.75, 3.05) is 11.5 Å². The molecule has 0 amide bonds. The van der Waals surface area contributed by atoms with Crippen LogP contribution in [0.2, 0.25) is 0 Å². The topological polar surface area (TPSA) is 82.2 Å². The first kappa shape index (κ1) is 10.4. The average molecular weight is 231 g/mol. The second kappa shape index (κ2) is 3.91. The Morgan fingerprint density at radius 3 is 2.65 bits per heavy atom. The van der Waals surface area contributed by atoms with E-state index in [1.807, 2.05) is 6.07 Å². The van der Waals surface area contributed by atoms with Gasteiger partial charge in [0.2, 0.25) is 5.95 Å². The van der Waals surface area contributed by atoms with E-state index in [9.17, 15) is 0 Å². The van der Waals surface area contributed by atoms with Crippen molar-refractivity contribution in [1.82, 2.24) is 14.6 Å². The monoisotopic (exact) mass is 231 g/mol. The lowest BCUT2D eigenvalue weighted by molar-refractivity contribution is 0.443. The molecule has 0 aliphatic heterocycles. The summed E-state index contributed by atoms with van der Waals surface area (Å²) in [5, 5.41) is 4.13. The summed E-state index contributed by atoms with van der Waals surface area (Å²) in [5.74, 6) is 1.54.